The molecule has 1 saturated carbocycles. The third-order valence-electron chi connectivity index (χ3n) is 3.51. The SMILES string of the molecule is Cc1ccccc1SCc1ncc(C(=O)O)c(C2CC2)n1. The Labute approximate surface area is 127 Å². The average Bonchev–Trinajstić information content (AvgIpc) is 3.30. The summed E-state index contributed by atoms with van der Waals surface area (Å²) < 4.78 is 0. The number of hydrogen-bond donors (Lipinski definition) is 1. The Morgan fingerprint density at radius 2 is 2.14 bits per heavy atom. The Kier molecular flexibility index (Phi) is 3.92. The van der Waals surface area contributed by atoms with Crippen molar-refractivity contribution in [3.8, 4) is 0 Å². The Balaban J connectivity index is 1.78. The van der Waals surface area contributed by atoms with Gasteiger partial charge in [-0.15, -0.1) is 11.8 Å². The summed E-state index contributed by atoms with van der Waals surface area (Å²) in [6, 6.07) is 8.18. The van der Waals surface area contributed by atoms with Crippen molar-refractivity contribution < 1.29 is 9.90 Å². The molecule has 108 valence electrons. The van der Waals surface area contributed by atoms with Crippen molar-refractivity contribution in [1.82, 2.24) is 9.97 Å². The summed E-state index contributed by atoms with van der Waals surface area (Å²) >= 11 is 1.68. The van der Waals surface area contributed by atoms with E-state index in [2.05, 4.69) is 29.0 Å². The molecule has 21 heavy (non-hydrogen) atoms. The molecular formula is C16H16N2O2S. The van der Waals surface area contributed by atoms with E-state index >= 15 is 0 Å². The summed E-state index contributed by atoms with van der Waals surface area (Å²) in [4.78, 5) is 21.1. The van der Waals surface area contributed by atoms with Crippen LogP contribution in [0.5, 0.6) is 0 Å². The zero-order valence-electron chi connectivity index (χ0n) is 11.7. The van der Waals surface area contributed by atoms with Crippen LogP contribution in [0.1, 0.15) is 46.2 Å². The van der Waals surface area contributed by atoms with Crippen LogP contribution in [0.15, 0.2) is 35.4 Å². The molecule has 1 aliphatic rings. The average molecular weight is 300 g/mol. The number of aromatic nitrogens is 2. The number of benzene rings is 1. The van der Waals surface area contributed by atoms with Crippen LogP contribution in [0.3, 0.4) is 0 Å². The number of aromatic carboxylic acids is 1. The third-order valence-corrected chi connectivity index (χ3v) is 4.68. The number of hydrogen-bond acceptors (Lipinski definition) is 4. The van der Waals surface area contributed by atoms with E-state index in [-0.39, 0.29) is 5.56 Å². The normalized spacial score (nSPS) is 14.1. The summed E-state index contributed by atoms with van der Waals surface area (Å²) in [5, 5.41) is 9.19. The van der Waals surface area contributed by atoms with Crippen LogP contribution in [-0.2, 0) is 5.75 Å². The second kappa shape index (κ2) is 5.85. The molecule has 0 atom stereocenters. The number of thioether (sulfide) groups is 1. The van der Waals surface area contributed by atoms with Crippen molar-refractivity contribution in [3.05, 3.63) is 53.1 Å². The van der Waals surface area contributed by atoms with E-state index in [0.717, 1.165) is 12.8 Å². The van der Waals surface area contributed by atoms with Gasteiger partial charge in [0.1, 0.15) is 5.82 Å². The quantitative estimate of drug-likeness (QED) is 0.854. The number of carboxylic acids is 1. The van der Waals surface area contributed by atoms with Crippen molar-refractivity contribution in [2.75, 3.05) is 0 Å². The third kappa shape index (κ3) is 3.24. The second-order valence-electron chi connectivity index (χ2n) is 5.22. The van der Waals surface area contributed by atoms with Gasteiger partial charge in [0.05, 0.1) is 17.0 Å². The molecule has 0 spiro atoms. The molecule has 0 aliphatic heterocycles. The lowest BCUT2D eigenvalue weighted by atomic mass is 10.1. The van der Waals surface area contributed by atoms with Gasteiger partial charge in [-0.25, -0.2) is 14.8 Å². The molecule has 5 heteroatoms. The fourth-order valence-electron chi connectivity index (χ4n) is 2.20. The van der Waals surface area contributed by atoms with Gasteiger partial charge >= 0.3 is 5.97 Å². The van der Waals surface area contributed by atoms with Crippen LogP contribution in [-0.4, -0.2) is 21.0 Å². The molecule has 3 rings (SSSR count). The van der Waals surface area contributed by atoms with E-state index in [1.807, 2.05) is 12.1 Å². The van der Waals surface area contributed by atoms with Gasteiger partial charge < -0.3 is 5.11 Å². The van der Waals surface area contributed by atoms with E-state index < -0.39 is 5.97 Å². The van der Waals surface area contributed by atoms with Crippen LogP contribution < -0.4 is 0 Å². The van der Waals surface area contributed by atoms with Gasteiger partial charge in [-0.2, -0.15) is 0 Å². The van der Waals surface area contributed by atoms with Crippen LogP contribution in [0, 0.1) is 6.92 Å². The van der Waals surface area contributed by atoms with Crippen LogP contribution in [0.25, 0.3) is 0 Å². The molecule has 0 amide bonds. The minimum Gasteiger partial charge on any atom is -0.478 e. The zero-order valence-corrected chi connectivity index (χ0v) is 12.6. The topological polar surface area (TPSA) is 63.1 Å². The summed E-state index contributed by atoms with van der Waals surface area (Å²) in [6.45, 7) is 2.08. The molecule has 1 aliphatic carbocycles. The van der Waals surface area contributed by atoms with E-state index in [0.29, 0.717) is 23.2 Å². The number of carbonyl (C=O) groups is 1. The molecule has 0 radical (unpaired) electrons. The Morgan fingerprint density at radius 3 is 2.81 bits per heavy atom. The van der Waals surface area contributed by atoms with Gasteiger partial charge in [0, 0.05) is 17.0 Å². The fourth-order valence-corrected chi connectivity index (χ4v) is 3.09. The monoisotopic (exact) mass is 300 g/mol. The minimum atomic E-state index is -0.935. The van der Waals surface area contributed by atoms with Gasteiger partial charge in [0.15, 0.2) is 0 Å². The molecule has 4 nitrogen and oxygen atoms in total. The molecule has 1 fully saturated rings. The maximum atomic E-state index is 11.2. The first-order chi connectivity index (χ1) is 10.1. The van der Waals surface area contributed by atoms with Crippen molar-refractivity contribution >= 4 is 17.7 Å². The first-order valence-electron chi connectivity index (χ1n) is 6.92. The number of rotatable bonds is 5. The van der Waals surface area contributed by atoms with Crippen LogP contribution in [0.4, 0.5) is 0 Å². The molecule has 2 aromatic rings. The molecule has 0 bridgehead atoms. The van der Waals surface area contributed by atoms with Crippen molar-refractivity contribution in [2.24, 2.45) is 0 Å². The number of carboxylic acid groups (broad SMARTS) is 1. The van der Waals surface area contributed by atoms with Crippen LogP contribution in [0.2, 0.25) is 0 Å². The zero-order chi connectivity index (χ0) is 14.8. The molecule has 1 N–H and O–H groups in total. The highest BCUT2D eigenvalue weighted by molar-refractivity contribution is 7.98. The fraction of sp³-hybridized carbons (Fsp3) is 0.312. The summed E-state index contributed by atoms with van der Waals surface area (Å²) in [5.41, 5.74) is 2.19. The Bertz CT molecular complexity index is 684. The highest BCUT2D eigenvalue weighted by Gasteiger charge is 2.30. The smallest absolute Gasteiger partial charge is 0.339 e. The van der Waals surface area contributed by atoms with Crippen LogP contribution >= 0.6 is 11.8 Å². The minimum absolute atomic E-state index is 0.252. The van der Waals surface area contributed by atoms with Gasteiger partial charge in [-0.05, 0) is 31.4 Å². The molecule has 1 heterocycles. The van der Waals surface area contributed by atoms with Crippen molar-refractivity contribution in [1.29, 1.82) is 0 Å². The highest BCUT2D eigenvalue weighted by atomic mass is 32.2. The number of nitrogens with zero attached hydrogens (tertiary/aromatic N) is 2. The maximum absolute atomic E-state index is 11.2. The predicted molar refractivity (Wildman–Crippen MR) is 81.7 cm³/mol. The largest absolute Gasteiger partial charge is 0.478 e. The molecular weight excluding hydrogens is 284 g/mol. The Hall–Kier alpha value is -1.88. The van der Waals surface area contributed by atoms with Gasteiger partial charge in [-0.1, -0.05) is 18.2 Å². The highest BCUT2D eigenvalue weighted by Crippen LogP contribution is 2.40. The van der Waals surface area contributed by atoms with E-state index in [1.54, 1.807) is 11.8 Å². The van der Waals surface area contributed by atoms with Crippen molar-refractivity contribution in [2.45, 2.75) is 36.3 Å². The molecule has 0 saturated heterocycles. The van der Waals surface area contributed by atoms with Gasteiger partial charge in [0.2, 0.25) is 0 Å². The summed E-state index contributed by atoms with van der Waals surface area (Å²) in [6.07, 6.45) is 3.51. The maximum Gasteiger partial charge on any atom is 0.339 e. The molecule has 1 aromatic heterocycles. The van der Waals surface area contributed by atoms with Crippen molar-refractivity contribution in [3.63, 3.8) is 0 Å². The lowest BCUT2D eigenvalue weighted by Crippen LogP contribution is -2.07. The lowest BCUT2D eigenvalue weighted by Gasteiger charge is -2.07. The Morgan fingerprint density at radius 1 is 1.38 bits per heavy atom. The van der Waals surface area contributed by atoms with E-state index in [1.165, 1.54) is 16.7 Å². The van der Waals surface area contributed by atoms with E-state index in [4.69, 9.17) is 0 Å². The number of aryl methyl sites for hydroxylation is 1. The van der Waals surface area contributed by atoms with Gasteiger partial charge in [-0.3, -0.25) is 0 Å². The predicted octanol–water partition coefficient (Wildman–Crippen LogP) is 3.65. The van der Waals surface area contributed by atoms with Gasteiger partial charge in [0.25, 0.3) is 0 Å². The first kappa shape index (κ1) is 14.1. The van der Waals surface area contributed by atoms with E-state index in [9.17, 15) is 9.90 Å². The first-order valence-corrected chi connectivity index (χ1v) is 7.91. The molecule has 0 unspecified atom stereocenters. The molecule has 1 aromatic carbocycles. The lowest BCUT2D eigenvalue weighted by molar-refractivity contribution is 0.0694. The standard InChI is InChI=1S/C16H16N2O2S/c1-10-4-2-3-5-13(10)21-9-14-17-8-12(16(19)20)15(18-14)11-6-7-11/h2-5,8,11H,6-7,9H2,1H3,(H,19,20). The second-order valence-corrected chi connectivity index (χ2v) is 6.24. The summed E-state index contributed by atoms with van der Waals surface area (Å²) in [5.74, 6) is 0.733. The summed E-state index contributed by atoms with van der Waals surface area (Å²) in [7, 11) is 0.